The number of rotatable bonds is 8. The minimum absolute atomic E-state index is 0.157. The van der Waals surface area contributed by atoms with Crippen molar-refractivity contribution in [1.29, 1.82) is 0 Å². The number of hydrogen-bond donors (Lipinski definition) is 1. The Morgan fingerprint density at radius 3 is 2.07 bits per heavy atom. The topological polar surface area (TPSA) is 133 Å². The maximum Gasteiger partial charge on any atom is 0.269 e. The number of aromatic nitrogens is 10. The van der Waals surface area contributed by atoms with Gasteiger partial charge < -0.3 is 13.7 Å². The lowest BCUT2D eigenvalue weighted by atomic mass is 10.0. The lowest BCUT2D eigenvalue weighted by Gasteiger charge is -2.11. The van der Waals surface area contributed by atoms with Gasteiger partial charge in [0.15, 0.2) is 24.5 Å². The molecule has 10 rings (SSSR count). The van der Waals surface area contributed by atoms with E-state index < -0.39 is 0 Å². The van der Waals surface area contributed by atoms with E-state index in [0.717, 1.165) is 77.6 Å². The highest BCUT2D eigenvalue weighted by atomic mass is 16.1. The Hall–Kier alpha value is -7.60. The summed E-state index contributed by atoms with van der Waals surface area (Å²) in [7, 11) is 1.99. The molecule has 0 fully saturated rings. The highest BCUT2D eigenvalue weighted by Crippen LogP contribution is 2.27. The van der Waals surface area contributed by atoms with E-state index in [4.69, 9.17) is 0 Å². The summed E-state index contributed by atoms with van der Waals surface area (Å²) in [5.41, 5.74) is 12.6. The first-order valence-corrected chi connectivity index (χ1v) is 18.2. The highest BCUT2D eigenvalue weighted by Gasteiger charge is 2.16. The van der Waals surface area contributed by atoms with E-state index in [1.807, 2.05) is 77.4 Å². The van der Waals surface area contributed by atoms with Gasteiger partial charge in [-0.15, -0.1) is 0 Å². The minimum atomic E-state index is -0.161. The molecule has 0 saturated heterocycles. The van der Waals surface area contributed by atoms with Crippen LogP contribution in [0.5, 0.6) is 0 Å². The Balaban J connectivity index is 0.893. The zero-order chi connectivity index (χ0) is 37.8. The predicted molar refractivity (Wildman–Crippen MR) is 215 cm³/mol. The summed E-state index contributed by atoms with van der Waals surface area (Å²) in [4.78, 5) is 43.3. The molecule has 0 aliphatic carbocycles. The Labute approximate surface area is 318 Å². The van der Waals surface area contributed by atoms with E-state index in [-0.39, 0.29) is 11.1 Å². The van der Waals surface area contributed by atoms with Gasteiger partial charge in [0.1, 0.15) is 11.2 Å². The van der Waals surface area contributed by atoms with Crippen LogP contribution in [0.2, 0.25) is 0 Å². The van der Waals surface area contributed by atoms with Crippen molar-refractivity contribution >= 4 is 44.0 Å². The number of aryl methyl sites for hydroxylation is 1. The number of nitrogens with zero attached hydrogens (tertiary/aromatic N) is 9. The SMILES string of the molecule is Cn1cnc2ccc(-c3cccc(Cn4c(=O)cnc5c[n+](Cc6[nH]nc7cc(-c8cccc(Cn9c(=O)cnc%10cnccc%109)c8)ccc67)ccc54)c3)cc21. The van der Waals surface area contributed by atoms with Gasteiger partial charge in [-0.3, -0.25) is 19.7 Å². The first kappa shape index (κ1) is 33.0. The van der Waals surface area contributed by atoms with Crippen LogP contribution < -0.4 is 15.7 Å². The van der Waals surface area contributed by atoms with Crippen LogP contribution in [0, 0.1) is 0 Å². The predicted octanol–water partition coefficient (Wildman–Crippen LogP) is 6.03. The van der Waals surface area contributed by atoms with E-state index in [2.05, 4.69) is 84.7 Å². The Morgan fingerprint density at radius 2 is 1.30 bits per heavy atom. The molecule has 0 aliphatic heterocycles. The van der Waals surface area contributed by atoms with Gasteiger partial charge in [0, 0.05) is 24.7 Å². The van der Waals surface area contributed by atoms with E-state index in [1.165, 1.54) is 12.4 Å². The molecule has 1 N–H and O–H groups in total. The molecular formula is C44H33N10O2+. The van der Waals surface area contributed by atoms with Crippen molar-refractivity contribution in [2.45, 2.75) is 19.6 Å². The molecule has 10 aromatic rings. The van der Waals surface area contributed by atoms with Crippen molar-refractivity contribution in [3.8, 4) is 22.3 Å². The molecule has 0 saturated carbocycles. The maximum absolute atomic E-state index is 13.2. The van der Waals surface area contributed by atoms with Gasteiger partial charge in [0.05, 0.1) is 65.6 Å². The van der Waals surface area contributed by atoms with E-state index in [9.17, 15) is 9.59 Å². The third-order valence-electron chi connectivity index (χ3n) is 10.4. The zero-order valence-electron chi connectivity index (χ0n) is 30.2. The summed E-state index contributed by atoms with van der Waals surface area (Å²) in [6.45, 7) is 1.36. The number of pyridine rings is 2. The van der Waals surface area contributed by atoms with E-state index >= 15 is 0 Å². The summed E-state index contributed by atoms with van der Waals surface area (Å²) >= 11 is 0. The average molecular weight is 734 g/mol. The molecule has 0 atom stereocenters. The molecule has 6 heterocycles. The normalized spacial score (nSPS) is 11.7. The Morgan fingerprint density at radius 1 is 0.625 bits per heavy atom. The van der Waals surface area contributed by atoms with Crippen LogP contribution in [0.25, 0.3) is 66.3 Å². The number of aromatic amines is 1. The molecule has 0 radical (unpaired) electrons. The van der Waals surface area contributed by atoms with Crippen molar-refractivity contribution in [1.82, 2.24) is 43.8 Å². The zero-order valence-corrected chi connectivity index (χ0v) is 30.2. The van der Waals surface area contributed by atoms with Gasteiger partial charge in [-0.25, -0.2) is 15.0 Å². The minimum Gasteiger partial charge on any atom is -0.334 e. The molecule has 56 heavy (non-hydrogen) atoms. The number of nitrogens with one attached hydrogen (secondary N) is 1. The maximum atomic E-state index is 13.2. The van der Waals surface area contributed by atoms with Crippen molar-refractivity contribution in [3.63, 3.8) is 0 Å². The summed E-state index contributed by atoms with van der Waals surface area (Å²) in [6.07, 6.45) is 11.8. The second-order valence-corrected chi connectivity index (χ2v) is 14.0. The fraction of sp³-hybridized carbons (Fsp3) is 0.0909. The number of H-pyrrole nitrogens is 1. The molecule has 0 aliphatic rings. The molecular weight excluding hydrogens is 701 g/mol. The van der Waals surface area contributed by atoms with Gasteiger partial charge in [0.25, 0.3) is 11.1 Å². The first-order valence-electron chi connectivity index (χ1n) is 18.2. The number of hydrogen-bond acceptors (Lipinski definition) is 7. The van der Waals surface area contributed by atoms with Crippen LogP contribution in [0.15, 0.2) is 150 Å². The third-order valence-corrected chi connectivity index (χ3v) is 10.4. The van der Waals surface area contributed by atoms with E-state index in [1.54, 1.807) is 21.5 Å². The summed E-state index contributed by atoms with van der Waals surface area (Å²) in [5, 5.41) is 8.91. The third kappa shape index (κ3) is 5.99. The van der Waals surface area contributed by atoms with Gasteiger partial charge in [0.2, 0.25) is 0 Å². The largest absolute Gasteiger partial charge is 0.334 e. The monoisotopic (exact) mass is 733 g/mol. The van der Waals surface area contributed by atoms with Gasteiger partial charge in [-0.2, -0.15) is 9.67 Å². The van der Waals surface area contributed by atoms with Crippen LogP contribution in [0.1, 0.15) is 16.8 Å². The molecule has 0 spiro atoms. The van der Waals surface area contributed by atoms with Crippen LogP contribution >= 0.6 is 0 Å². The second-order valence-electron chi connectivity index (χ2n) is 14.0. The Bertz CT molecular complexity index is 3270. The lowest BCUT2D eigenvalue weighted by Crippen LogP contribution is -2.34. The lowest BCUT2D eigenvalue weighted by molar-refractivity contribution is -0.687. The summed E-state index contributed by atoms with van der Waals surface area (Å²) < 4.78 is 7.55. The van der Waals surface area contributed by atoms with Crippen LogP contribution in [0.4, 0.5) is 0 Å². The fourth-order valence-corrected chi connectivity index (χ4v) is 7.52. The quantitative estimate of drug-likeness (QED) is 0.189. The summed E-state index contributed by atoms with van der Waals surface area (Å²) in [6, 6.07) is 32.8. The Kier molecular flexibility index (Phi) is 7.87. The second kappa shape index (κ2) is 13.4. The fourth-order valence-electron chi connectivity index (χ4n) is 7.52. The average Bonchev–Trinajstić information content (AvgIpc) is 3.82. The van der Waals surface area contributed by atoms with Crippen molar-refractivity contribution < 1.29 is 4.57 Å². The van der Waals surface area contributed by atoms with Crippen LogP contribution in [0.3, 0.4) is 0 Å². The van der Waals surface area contributed by atoms with Crippen LogP contribution in [-0.4, -0.2) is 43.8 Å². The smallest absolute Gasteiger partial charge is 0.269 e. The van der Waals surface area contributed by atoms with Gasteiger partial charge in [-0.1, -0.05) is 54.6 Å². The van der Waals surface area contributed by atoms with Gasteiger partial charge >= 0.3 is 0 Å². The summed E-state index contributed by atoms with van der Waals surface area (Å²) in [5.74, 6) is 0. The first-order chi connectivity index (χ1) is 27.4. The molecule has 0 amide bonds. The molecule has 12 nitrogen and oxygen atoms in total. The van der Waals surface area contributed by atoms with Crippen molar-refractivity contribution in [2.24, 2.45) is 7.05 Å². The number of fused-ring (bicyclic) bond motifs is 4. The van der Waals surface area contributed by atoms with E-state index in [0.29, 0.717) is 25.2 Å². The molecule has 0 unspecified atom stereocenters. The number of benzene rings is 4. The molecule has 6 aromatic heterocycles. The number of imidazole rings is 1. The van der Waals surface area contributed by atoms with Crippen molar-refractivity contribution in [3.05, 3.63) is 178 Å². The molecule has 4 aromatic carbocycles. The molecule has 0 bridgehead atoms. The highest BCUT2D eigenvalue weighted by molar-refractivity contribution is 5.86. The molecule has 270 valence electrons. The van der Waals surface area contributed by atoms with Crippen molar-refractivity contribution in [2.75, 3.05) is 0 Å². The van der Waals surface area contributed by atoms with Gasteiger partial charge in [-0.05, 0) is 69.8 Å². The molecule has 12 heteroatoms. The standard InChI is InChI=1S/C44H33N10O2/c1-51-27-48-35-11-9-33(19-42(35)51)31-7-3-5-29(17-31)24-54-41-13-15-52(26-39(41)47-22-44(54)56)25-38-34-10-8-32(18-36(34)49-50-38)30-6-2-4-28(16-30)23-53-40-12-14-45-20-37(40)46-21-43(53)55/h2-22,26-27H,23-25H2,1H3,(H,49,50)/q+1. The van der Waals surface area contributed by atoms with Crippen LogP contribution in [-0.2, 0) is 26.7 Å².